The van der Waals surface area contributed by atoms with E-state index < -0.39 is 29.8 Å². The number of thiophene rings is 1. The highest BCUT2D eigenvalue weighted by molar-refractivity contribution is 7.18. The van der Waals surface area contributed by atoms with Crippen molar-refractivity contribution >= 4 is 39.8 Å². The van der Waals surface area contributed by atoms with Crippen LogP contribution in [0, 0.1) is 12.7 Å². The van der Waals surface area contributed by atoms with Gasteiger partial charge in [0.05, 0.1) is 28.9 Å². The quantitative estimate of drug-likeness (QED) is 0.291. The van der Waals surface area contributed by atoms with Crippen molar-refractivity contribution in [2.75, 3.05) is 26.0 Å². The lowest BCUT2D eigenvalue weighted by Gasteiger charge is -2.09. The monoisotopic (exact) mass is 559 g/mol. The number of benzene rings is 1. The van der Waals surface area contributed by atoms with Crippen molar-refractivity contribution in [2.24, 2.45) is 0 Å². The summed E-state index contributed by atoms with van der Waals surface area (Å²) in [6.07, 6.45) is -1.30. The van der Waals surface area contributed by atoms with Gasteiger partial charge in [0.2, 0.25) is 0 Å². The molecule has 39 heavy (non-hydrogen) atoms. The molecule has 0 unspecified atom stereocenters. The van der Waals surface area contributed by atoms with Gasteiger partial charge in [-0.3, -0.25) is 9.59 Å². The Labute approximate surface area is 225 Å². The molecule has 3 aromatic heterocycles. The highest BCUT2D eigenvalue weighted by atomic mass is 32.1. The van der Waals surface area contributed by atoms with Crippen LogP contribution in [-0.4, -0.2) is 58.0 Å². The van der Waals surface area contributed by atoms with Crippen molar-refractivity contribution in [3.63, 3.8) is 0 Å². The summed E-state index contributed by atoms with van der Waals surface area (Å²) in [7, 11) is 3.11. The maximum atomic E-state index is 13.9. The second-order valence-electron chi connectivity index (χ2n) is 8.72. The lowest BCUT2D eigenvalue weighted by Crippen LogP contribution is -2.21. The van der Waals surface area contributed by atoms with E-state index >= 15 is 0 Å². The number of carbonyl (C=O) groups excluding carboxylic acids is 3. The van der Waals surface area contributed by atoms with Gasteiger partial charge in [-0.2, -0.15) is 5.10 Å². The molecule has 3 heterocycles. The zero-order chi connectivity index (χ0) is 28.4. The molecule has 1 N–H and O–H groups in total. The van der Waals surface area contributed by atoms with E-state index in [1.807, 2.05) is 6.92 Å². The van der Waals surface area contributed by atoms with E-state index in [1.54, 1.807) is 21.0 Å². The number of nitrogens with one attached hydrogen (secondary N) is 1. The van der Waals surface area contributed by atoms with Crippen LogP contribution in [0.25, 0.3) is 16.9 Å². The molecule has 13 heteroatoms. The van der Waals surface area contributed by atoms with Crippen LogP contribution < -0.4 is 5.32 Å². The van der Waals surface area contributed by atoms with Crippen molar-refractivity contribution in [2.45, 2.75) is 26.7 Å². The summed E-state index contributed by atoms with van der Waals surface area (Å²) in [6, 6.07) is 6.20. The highest BCUT2D eigenvalue weighted by Gasteiger charge is 2.29. The Balaban J connectivity index is 1.79. The van der Waals surface area contributed by atoms with Crippen LogP contribution in [0.4, 0.5) is 18.2 Å². The fourth-order valence-corrected chi connectivity index (χ4v) is 4.97. The zero-order valence-corrected chi connectivity index (χ0v) is 22.2. The summed E-state index contributed by atoms with van der Waals surface area (Å²) < 4.78 is 47.3. The molecule has 4 aromatic rings. The summed E-state index contributed by atoms with van der Waals surface area (Å²) in [6.45, 7) is 3.54. The molecule has 2 amide bonds. The molecular formula is C26H24F3N5O4S. The number of hydrogen-bond acceptors (Lipinski definition) is 7. The largest absolute Gasteiger partial charge is 0.462 e. The van der Waals surface area contributed by atoms with Gasteiger partial charge >= 0.3 is 5.97 Å². The second-order valence-corrected chi connectivity index (χ2v) is 9.74. The van der Waals surface area contributed by atoms with Gasteiger partial charge in [-0.15, -0.1) is 11.3 Å². The minimum Gasteiger partial charge on any atom is -0.462 e. The molecule has 0 radical (unpaired) electrons. The van der Waals surface area contributed by atoms with E-state index in [2.05, 4.69) is 15.4 Å². The van der Waals surface area contributed by atoms with Gasteiger partial charge in [-0.25, -0.2) is 27.5 Å². The van der Waals surface area contributed by atoms with Crippen LogP contribution in [-0.2, 0) is 4.74 Å². The van der Waals surface area contributed by atoms with Crippen molar-refractivity contribution in [3.8, 4) is 11.3 Å². The molecule has 0 saturated carbocycles. The molecular weight excluding hydrogens is 535 g/mol. The molecule has 0 aliphatic heterocycles. The smallest absolute Gasteiger partial charge is 0.341 e. The number of rotatable bonds is 8. The lowest BCUT2D eigenvalue weighted by molar-refractivity contribution is 0.0506. The predicted molar refractivity (Wildman–Crippen MR) is 139 cm³/mol. The number of amides is 2. The number of ether oxygens (including phenoxy) is 1. The SMILES string of the molecule is CCCOC(=O)c1c(NC(=O)c2cnn3c(C(F)F)cc(-c4ccc(F)cc4)nc23)sc(C(=O)N(C)C)c1C. The Hall–Kier alpha value is -4.26. The van der Waals surface area contributed by atoms with Crippen molar-refractivity contribution in [1.82, 2.24) is 19.5 Å². The minimum absolute atomic E-state index is 0.0247. The van der Waals surface area contributed by atoms with E-state index in [-0.39, 0.29) is 44.9 Å². The average Bonchev–Trinajstić information content (AvgIpc) is 3.47. The molecule has 0 spiro atoms. The van der Waals surface area contributed by atoms with E-state index in [0.29, 0.717) is 17.5 Å². The van der Waals surface area contributed by atoms with Crippen molar-refractivity contribution < 1.29 is 32.3 Å². The number of nitrogens with zero attached hydrogens (tertiary/aromatic N) is 4. The summed E-state index contributed by atoms with van der Waals surface area (Å²) in [5, 5.41) is 6.60. The molecule has 0 fully saturated rings. The first-order valence-corrected chi connectivity index (χ1v) is 12.6. The van der Waals surface area contributed by atoms with Gasteiger partial charge in [0.25, 0.3) is 18.2 Å². The first kappa shape index (κ1) is 27.8. The molecule has 0 bridgehead atoms. The summed E-state index contributed by atoms with van der Waals surface area (Å²) in [5.74, 6) is -2.38. The Morgan fingerprint density at radius 3 is 2.49 bits per heavy atom. The fraction of sp³-hybridized carbons (Fsp3) is 0.269. The normalized spacial score (nSPS) is 11.2. The first-order valence-electron chi connectivity index (χ1n) is 11.8. The van der Waals surface area contributed by atoms with Crippen LogP contribution in [0.15, 0.2) is 36.5 Å². The fourth-order valence-electron chi connectivity index (χ4n) is 3.76. The zero-order valence-electron chi connectivity index (χ0n) is 21.4. The molecule has 4 rings (SSSR count). The average molecular weight is 560 g/mol. The maximum Gasteiger partial charge on any atom is 0.341 e. The van der Waals surface area contributed by atoms with Crippen LogP contribution in [0.2, 0.25) is 0 Å². The van der Waals surface area contributed by atoms with Crippen LogP contribution in [0.5, 0.6) is 0 Å². The van der Waals surface area contributed by atoms with E-state index in [9.17, 15) is 27.6 Å². The van der Waals surface area contributed by atoms with E-state index in [4.69, 9.17) is 4.74 Å². The third kappa shape index (κ3) is 5.48. The standard InChI is InChI=1S/C26H24F3N5O4S/c1-5-10-38-26(37)19-13(2)20(25(36)33(3)4)39-24(19)32-23(35)16-12-30-34-18(21(28)29)11-17(31-22(16)34)14-6-8-15(27)9-7-14/h6-9,11-12,21H,5,10H2,1-4H3,(H,32,35). The number of aromatic nitrogens is 3. The maximum absolute atomic E-state index is 13.9. The van der Waals surface area contributed by atoms with Crippen molar-refractivity contribution in [3.05, 3.63) is 69.6 Å². The number of anilines is 1. The Morgan fingerprint density at radius 1 is 1.18 bits per heavy atom. The number of hydrogen-bond donors (Lipinski definition) is 1. The number of carbonyl (C=O) groups is 3. The Kier molecular flexibility index (Phi) is 8.00. The molecule has 0 aliphatic rings. The first-order chi connectivity index (χ1) is 18.5. The molecule has 204 valence electrons. The van der Waals surface area contributed by atoms with Crippen LogP contribution in [0.3, 0.4) is 0 Å². The predicted octanol–water partition coefficient (Wildman–Crippen LogP) is 5.36. The van der Waals surface area contributed by atoms with Crippen LogP contribution in [0.1, 0.15) is 61.4 Å². The van der Waals surface area contributed by atoms with Gasteiger partial charge in [-0.05, 0) is 49.2 Å². The summed E-state index contributed by atoms with van der Waals surface area (Å²) in [5.41, 5.74) is -0.0358. The third-order valence-corrected chi connectivity index (χ3v) is 6.92. The van der Waals surface area contributed by atoms with E-state index in [0.717, 1.165) is 40.2 Å². The molecule has 0 atom stereocenters. The molecule has 0 saturated heterocycles. The number of esters is 1. The van der Waals surface area contributed by atoms with Crippen LogP contribution >= 0.6 is 11.3 Å². The van der Waals surface area contributed by atoms with Crippen molar-refractivity contribution in [1.29, 1.82) is 0 Å². The summed E-state index contributed by atoms with van der Waals surface area (Å²) >= 11 is 0.898. The van der Waals surface area contributed by atoms with Gasteiger partial charge in [0.1, 0.15) is 22.1 Å². The second kappa shape index (κ2) is 11.2. The molecule has 1 aromatic carbocycles. The minimum atomic E-state index is -2.95. The van der Waals surface area contributed by atoms with E-state index in [1.165, 1.54) is 17.0 Å². The Morgan fingerprint density at radius 2 is 1.87 bits per heavy atom. The summed E-state index contributed by atoms with van der Waals surface area (Å²) in [4.78, 5) is 44.9. The Bertz CT molecular complexity index is 1560. The number of alkyl halides is 2. The van der Waals surface area contributed by atoms with Gasteiger partial charge in [-0.1, -0.05) is 6.92 Å². The van der Waals surface area contributed by atoms with Gasteiger partial charge in [0, 0.05) is 19.7 Å². The topological polar surface area (TPSA) is 106 Å². The van der Waals surface area contributed by atoms with Gasteiger partial charge < -0.3 is 15.0 Å². The molecule has 0 aliphatic carbocycles. The lowest BCUT2D eigenvalue weighted by atomic mass is 10.1. The highest BCUT2D eigenvalue weighted by Crippen LogP contribution is 2.35. The third-order valence-electron chi connectivity index (χ3n) is 5.72. The number of fused-ring (bicyclic) bond motifs is 1. The van der Waals surface area contributed by atoms with Gasteiger partial charge in [0.15, 0.2) is 5.65 Å². The number of halogens is 3. The molecule has 9 nitrogen and oxygen atoms in total.